The van der Waals surface area contributed by atoms with Gasteiger partial charge in [0.25, 0.3) is 5.69 Å². The highest BCUT2D eigenvalue weighted by Gasteiger charge is 2.56. The minimum atomic E-state index is -0.809. The third-order valence-electron chi connectivity index (χ3n) is 8.04. The number of benzene rings is 2. The molecule has 2 aliphatic carbocycles. The smallest absolute Gasteiger partial charge is 0.326 e. The highest BCUT2D eigenvalue weighted by Crippen LogP contribution is 2.60. The van der Waals surface area contributed by atoms with Crippen molar-refractivity contribution in [2.24, 2.45) is 11.8 Å². The van der Waals surface area contributed by atoms with Crippen LogP contribution in [0.25, 0.3) is 0 Å². The molecule has 2 aromatic carbocycles. The summed E-state index contributed by atoms with van der Waals surface area (Å²) in [6.07, 6.45) is 6.08. The number of carboxylic acids is 1. The molecular weight excluding hydrogens is 472 g/mol. The fourth-order valence-electron chi connectivity index (χ4n) is 6.79. The number of carbonyl (C=O) groups is 1. The van der Waals surface area contributed by atoms with E-state index in [9.17, 15) is 20.0 Å². The van der Waals surface area contributed by atoms with Crippen LogP contribution in [0.1, 0.15) is 41.4 Å². The average molecular weight is 497 g/mol. The van der Waals surface area contributed by atoms with Crippen LogP contribution in [-0.2, 0) is 4.79 Å². The molecule has 8 heteroatoms. The molecule has 1 saturated carbocycles. The summed E-state index contributed by atoms with van der Waals surface area (Å²) in [6.45, 7) is 2.83. The van der Waals surface area contributed by atoms with Crippen LogP contribution < -0.4 is 4.90 Å². The lowest BCUT2D eigenvalue weighted by molar-refractivity contribution is -0.387. The molecule has 34 heavy (non-hydrogen) atoms. The van der Waals surface area contributed by atoms with Crippen molar-refractivity contribution in [3.05, 3.63) is 75.4 Å². The summed E-state index contributed by atoms with van der Waals surface area (Å²) >= 11 is 8.56. The van der Waals surface area contributed by atoms with Crippen molar-refractivity contribution in [1.29, 1.82) is 0 Å². The topological polar surface area (TPSA) is 83.7 Å². The lowest BCUT2D eigenvalue weighted by Crippen LogP contribution is -2.55. The number of anilines is 1. The Morgan fingerprint density at radius 3 is 2.79 bits per heavy atom. The molecule has 0 unspecified atom stereocenters. The van der Waals surface area contributed by atoms with E-state index in [1.807, 2.05) is 0 Å². The van der Waals surface area contributed by atoms with Crippen LogP contribution in [0.15, 0.2) is 53.4 Å². The van der Waals surface area contributed by atoms with Gasteiger partial charge < -0.3 is 10.0 Å². The molecule has 1 fully saturated rings. The number of nitrogens with zero attached hydrogens (tertiary/aromatic N) is 2. The van der Waals surface area contributed by atoms with Gasteiger partial charge in [0.15, 0.2) is 0 Å². The number of halogens is 1. The molecule has 2 heterocycles. The first kappa shape index (κ1) is 22.0. The number of hydrogen-bond donors (Lipinski definition) is 1. The first-order valence-corrected chi connectivity index (χ1v) is 13.0. The highest BCUT2D eigenvalue weighted by molar-refractivity contribution is 8.00. The molecule has 0 aromatic heterocycles. The standard InChI is InChI=1S/C26H25ClN2O4S/c1-13-9-16-15-6-4-5-14(15)12-28-24(16)17(10-13)22-18(25(28)26(30)31)11-21(23(22)27)34-20-8-3-2-7-19(20)29(32)33/h2-4,6-10,14-15,18,21-23,25H,5,11-12H2,1H3,(H,30,31)/t14-,15+,18-,21+,22-,23+,25+/m0/s1. The molecule has 0 spiro atoms. The number of rotatable bonds is 4. The fraction of sp³-hybridized carbons (Fsp3) is 0.423. The van der Waals surface area contributed by atoms with Gasteiger partial charge in [0.1, 0.15) is 6.04 Å². The van der Waals surface area contributed by atoms with Crippen molar-refractivity contribution in [3.8, 4) is 0 Å². The Kier molecular flexibility index (Phi) is 5.19. The number of thioether (sulfide) groups is 1. The normalized spacial score (nSPS) is 32.8. The van der Waals surface area contributed by atoms with Crippen LogP contribution in [0, 0.1) is 28.9 Å². The summed E-state index contributed by atoms with van der Waals surface area (Å²) < 4.78 is 0. The van der Waals surface area contributed by atoms with Gasteiger partial charge in [0.2, 0.25) is 0 Å². The number of aryl methyl sites for hydroxylation is 1. The summed E-state index contributed by atoms with van der Waals surface area (Å²) in [5.74, 6) is -0.339. The summed E-state index contributed by atoms with van der Waals surface area (Å²) in [4.78, 5) is 26.6. The minimum absolute atomic E-state index is 0.0682. The monoisotopic (exact) mass is 496 g/mol. The Bertz CT molecular complexity index is 1230. The SMILES string of the molecule is Cc1cc2c3c(c1)[C@@H]1C=CC[C@H]1CN3[C@@H](C(=O)O)[C@H]1C[C@@H](Sc3ccccc3[N+](=O)[O-])[C@@H](Cl)[C@@H]21. The maximum Gasteiger partial charge on any atom is 0.326 e. The van der Waals surface area contributed by atoms with Crippen LogP contribution in [0.2, 0.25) is 0 Å². The number of para-hydroxylation sites is 1. The third-order valence-corrected chi connectivity index (χ3v) is 10.2. The Morgan fingerprint density at radius 1 is 1.26 bits per heavy atom. The number of alkyl halides is 1. The number of allylic oxidation sites excluding steroid dienone is 2. The van der Waals surface area contributed by atoms with Gasteiger partial charge >= 0.3 is 5.97 Å². The van der Waals surface area contributed by atoms with Gasteiger partial charge in [-0.3, -0.25) is 10.1 Å². The largest absolute Gasteiger partial charge is 0.480 e. The lowest BCUT2D eigenvalue weighted by atomic mass is 9.71. The number of hydrogen-bond acceptors (Lipinski definition) is 5. The zero-order valence-electron chi connectivity index (χ0n) is 18.6. The van der Waals surface area contributed by atoms with Gasteiger partial charge in [-0.25, -0.2) is 4.79 Å². The average Bonchev–Trinajstić information content (AvgIpc) is 3.38. The second-order valence-corrected chi connectivity index (χ2v) is 11.7. The van der Waals surface area contributed by atoms with Crippen molar-refractivity contribution < 1.29 is 14.8 Å². The van der Waals surface area contributed by atoms with Crippen LogP contribution >= 0.6 is 23.4 Å². The van der Waals surface area contributed by atoms with Crippen molar-refractivity contribution >= 4 is 40.7 Å². The number of fused-ring (bicyclic) bond motifs is 4. The van der Waals surface area contributed by atoms with Crippen LogP contribution in [0.4, 0.5) is 11.4 Å². The molecule has 6 rings (SSSR count). The molecule has 4 aliphatic rings. The van der Waals surface area contributed by atoms with Crippen molar-refractivity contribution in [2.75, 3.05) is 11.4 Å². The van der Waals surface area contributed by atoms with Crippen molar-refractivity contribution in [1.82, 2.24) is 0 Å². The second kappa shape index (κ2) is 8.02. The molecule has 2 aliphatic heterocycles. The Hall–Kier alpha value is -2.51. The molecule has 7 atom stereocenters. The second-order valence-electron chi connectivity index (χ2n) is 9.93. The van der Waals surface area contributed by atoms with E-state index in [2.05, 4.69) is 36.1 Å². The molecule has 176 valence electrons. The van der Waals surface area contributed by atoms with E-state index in [1.54, 1.807) is 18.2 Å². The number of aliphatic carboxylic acids is 1. The van der Waals surface area contributed by atoms with E-state index in [1.165, 1.54) is 29.0 Å². The number of carboxylic acid groups (broad SMARTS) is 1. The maximum atomic E-state index is 12.7. The molecular formula is C26H25ClN2O4S. The van der Waals surface area contributed by atoms with Crippen LogP contribution in [0.5, 0.6) is 0 Å². The van der Waals surface area contributed by atoms with Crippen molar-refractivity contribution in [2.45, 2.75) is 53.2 Å². The van der Waals surface area contributed by atoms with Crippen molar-refractivity contribution in [3.63, 3.8) is 0 Å². The lowest BCUT2D eigenvalue weighted by Gasteiger charge is -2.50. The quantitative estimate of drug-likeness (QED) is 0.252. The first-order valence-electron chi connectivity index (χ1n) is 11.7. The molecule has 0 radical (unpaired) electrons. The van der Waals surface area contributed by atoms with E-state index >= 15 is 0 Å². The van der Waals surface area contributed by atoms with E-state index < -0.39 is 12.0 Å². The summed E-state index contributed by atoms with van der Waals surface area (Å²) in [5.41, 5.74) is 4.68. The molecule has 0 bridgehead atoms. The summed E-state index contributed by atoms with van der Waals surface area (Å²) in [5, 5.41) is 21.5. The summed E-state index contributed by atoms with van der Waals surface area (Å²) in [7, 11) is 0. The van der Waals surface area contributed by atoms with Gasteiger partial charge in [0, 0.05) is 35.4 Å². The van der Waals surface area contributed by atoms with Gasteiger partial charge in [-0.05, 0) is 48.8 Å². The van der Waals surface area contributed by atoms with E-state index in [0.717, 1.165) is 24.2 Å². The zero-order chi connectivity index (χ0) is 23.7. The van der Waals surface area contributed by atoms with Crippen LogP contribution in [0.3, 0.4) is 0 Å². The van der Waals surface area contributed by atoms with Crippen LogP contribution in [-0.4, -0.2) is 39.2 Å². The van der Waals surface area contributed by atoms with E-state index in [4.69, 9.17) is 11.6 Å². The Labute approximate surface area is 207 Å². The fourth-order valence-corrected chi connectivity index (χ4v) is 8.74. The van der Waals surface area contributed by atoms with Gasteiger partial charge in [-0.15, -0.1) is 23.4 Å². The first-order chi connectivity index (χ1) is 16.3. The van der Waals surface area contributed by atoms with Gasteiger partial charge in [0.05, 0.1) is 15.2 Å². The maximum absolute atomic E-state index is 12.7. The third kappa shape index (κ3) is 3.20. The molecule has 0 amide bonds. The molecule has 1 N–H and O–H groups in total. The number of nitro benzene ring substituents is 1. The van der Waals surface area contributed by atoms with Gasteiger partial charge in [-0.2, -0.15) is 0 Å². The predicted molar refractivity (Wildman–Crippen MR) is 133 cm³/mol. The van der Waals surface area contributed by atoms with E-state index in [-0.39, 0.29) is 33.1 Å². The van der Waals surface area contributed by atoms with E-state index in [0.29, 0.717) is 23.2 Å². The number of nitro groups is 1. The summed E-state index contributed by atoms with van der Waals surface area (Å²) in [6, 6.07) is 10.5. The van der Waals surface area contributed by atoms with Gasteiger partial charge in [-0.1, -0.05) is 42.0 Å². The zero-order valence-corrected chi connectivity index (χ0v) is 20.2. The molecule has 0 saturated heterocycles. The minimum Gasteiger partial charge on any atom is -0.480 e. The Balaban J connectivity index is 1.45. The molecule has 2 aromatic rings. The predicted octanol–water partition coefficient (Wildman–Crippen LogP) is 5.72. The Morgan fingerprint density at radius 2 is 2.03 bits per heavy atom. The molecule has 6 nitrogen and oxygen atoms in total. The highest BCUT2D eigenvalue weighted by atomic mass is 35.5.